The van der Waals surface area contributed by atoms with Crippen molar-refractivity contribution in [2.75, 3.05) is 25.0 Å². The molecule has 0 atom stereocenters. The topological polar surface area (TPSA) is 92.8 Å². The first kappa shape index (κ1) is 22.1. The Morgan fingerprint density at radius 3 is 2.18 bits per heavy atom. The second-order valence-corrected chi connectivity index (χ2v) is 8.58. The van der Waals surface area contributed by atoms with Crippen molar-refractivity contribution in [3.05, 3.63) is 58.6 Å². The number of rotatable bonds is 8. The van der Waals surface area contributed by atoms with Crippen molar-refractivity contribution in [1.82, 2.24) is 4.31 Å². The van der Waals surface area contributed by atoms with Crippen LogP contribution in [-0.4, -0.2) is 44.3 Å². The zero-order valence-corrected chi connectivity index (χ0v) is 17.9. The van der Waals surface area contributed by atoms with Gasteiger partial charge in [-0.15, -0.1) is 0 Å². The molecule has 0 aromatic heterocycles. The van der Waals surface area contributed by atoms with Gasteiger partial charge in [-0.25, -0.2) is 13.2 Å². The number of sulfonamides is 1. The summed E-state index contributed by atoms with van der Waals surface area (Å²) in [7, 11) is -3.89. The Morgan fingerprint density at radius 1 is 1.04 bits per heavy atom. The third-order valence-electron chi connectivity index (χ3n) is 3.80. The van der Waals surface area contributed by atoms with Gasteiger partial charge >= 0.3 is 5.97 Å². The molecule has 0 bridgehead atoms. The molecular weight excluding hydrogens is 448 g/mol. The Morgan fingerprint density at radius 2 is 1.64 bits per heavy atom. The molecule has 0 aliphatic heterocycles. The summed E-state index contributed by atoms with van der Waals surface area (Å²) in [5.41, 5.74) is 0.831. The number of nitrogens with zero attached hydrogens (tertiary/aromatic N) is 1. The van der Waals surface area contributed by atoms with Crippen molar-refractivity contribution in [1.29, 1.82) is 0 Å². The summed E-state index contributed by atoms with van der Waals surface area (Å²) in [6.45, 7) is 3.37. The van der Waals surface area contributed by atoms with Gasteiger partial charge in [0.1, 0.15) is 0 Å². The lowest BCUT2D eigenvalue weighted by Gasteiger charge is -2.20. The highest BCUT2D eigenvalue weighted by molar-refractivity contribution is 9.10. The zero-order chi connectivity index (χ0) is 20.7. The van der Waals surface area contributed by atoms with Crippen LogP contribution in [0, 0.1) is 0 Å². The Balaban J connectivity index is 2.11. The van der Waals surface area contributed by atoms with Gasteiger partial charge in [0.05, 0.1) is 23.6 Å². The van der Waals surface area contributed by atoms with E-state index in [1.54, 1.807) is 38.1 Å². The fourth-order valence-corrected chi connectivity index (χ4v) is 4.06. The van der Waals surface area contributed by atoms with E-state index in [-0.39, 0.29) is 30.2 Å². The molecule has 0 saturated carbocycles. The van der Waals surface area contributed by atoms with Crippen LogP contribution in [0.3, 0.4) is 0 Å². The molecule has 2 rings (SSSR count). The molecule has 0 aliphatic rings. The minimum Gasteiger partial charge on any atom is -0.462 e. The quantitative estimate of drug-likeness (QED) is 0.600. The van der Waals surface area contributed by atoms with Gasteiger partial charge in [-0.1, -0.05) is 22.9 Å². The molecule has 0 heterocycles. The number of carbonyl (C=O) groups is 2. The molecule has 9 heteroatoms. The van der Waals surface area contributed by atoms with E-state index in [0.29, 0.717) is 5.69 Å². The van der Waals surface area contributed by atoms with E-state index in [1.807, 2.05) is 0 Å². The SMILES string of the molecule is CCOC(=O)c1ccc(S(=O)(=O)N(CC)CC(=O)Nc2ccc(Br)cc2)cc1. The normalized spacial score (nSPS) is 11.3. The Kier molecular flexibility index (Phi) is 7.73. The Hall–Kier alpha value is -2.23. The highest BCUT2D eigenvalue weighted by Crippen LogP contribution is 2.18. The average molecular weight is 469 g/mol. The third kappa shape index (κ3) is 5.63. The molecular formula is C19H21BrN2O5S. The minimum absolute atomic E-state index is 0.00107. The number of likely N-dealkylation sites (N-methyl/N-ethyl adjacent to an activating group) is 1. The number of halogens is 1. The zero-order valence-electron chi connectivity index (χ0n) is 15.5. The van der Waals surface area contributed by atoms with Crippen LogP contribution in [0.1, 0.15) is 24.2 Å². The van der Waals surface area contributed by atoms with Gasteiger partial charge in [-0.3, -0.25) is 4.79 Å². The Labute approximate surface area is 172 Å². The maximum Gasteiger partial charge on any atom is 0.338 e. The van der Waals surface area contributed by atoms with E-state index < -0.39 is 21.9 Å². The van der Waals surface area contributed by atoms with Crippen LogP contribution in [0.2, 0.25) is 0 Å². The predicted molar refractivity (Wildman–Crippen MR) is 110 cm³/mol. The summed E-state index contributed by atoms with van der Waals surface area (Å²) in [5, 5.41) is 2.67. The number of benzene rings is 2. The van der Waals surface area contributed by atoms with Gasteiger partial charge in [0.15, 0.2) is 0 Å². The standard InChI is InChI=1S/C19H21BrN2O5S/c1-3-22(13-18(23)21-16-9-7-15(20)8-10-16)28(25,26)17-11-5-14(6-12-17)19(24)27-4-2/h5-12H,3-4,13H2,1-2H3,(H,21,23). The minimum atomic E-state index is -3.89. The second-order valence-electron chi connectivity index (χ2n) is 5.73. The number of hydrogen-bond acceptors (Lipinski definition) is 5. The molecule has 1 N–H and O–H groups in total. The number of nitrogens with one attached hydrogen (secondary N) is 1. The van der Waals surface area contributed by atoms with E-state index in [4.69, 9.17) is 4.74 Å². The first-order valence-electron chi connectivity index (χ1n) is 8.60. The first-order valence-corrected chi connectivity index (χ1v) is 10.8. The highest BCUT2D eigenvalue weighted by Gasteiger charge is 2.25. The molecule has 150 valence electrons. The van der Waals surface area contributed by atoms with Crippen molar-refractivity contribution >= 4 is 43.5 Å². The molecule has 2 aromatic carbocycles. The number of carbonyl (C=O) groups excluding carboxylic acids is 2. The molecule has 0 aliphatic carbocycles. The predicted octanol–water partition coefficient (Wildman–Crippen LogP) is 3.28. The molecule has 0 saturated heterocycles. The number of amides is 1. The molecule has 7 nitrogen and oxygen atoms in total. The number of esters is 1. The molecule has 0 unspecified atom stereocenters. The summed E-state index contributed by atoms with van der Waals surface area (Å²) in [5.74, 6) is -0.969. The van der Waals surface area contributed by atoms with Gasteiger partial charge < -0.3 is 10.1 Å². The Bertz CT molecular complexity index is 928. The van der Waals surface area contributed by atoms with Gasteiger partial charge in [0.2, 0.25) is 15.9 Å². The van der Waals surface area contributed by atoms with Gasteiger partial charge in [-0.05, 0) is 55.5 Å². The van der Waals surface area contributed by atoms with Crippen LogP contribution < -0.4 is 5.32 Å². The summed E-state index contributed by atoms with van der Waals surface area (Å²) in [6, 6.07) is 12.4. The van der Waals surface area contributed by atoms with Crippen molar-refractivity contribution in [2.45, 2.75) is 18.7 Å². The third-order valence-corrected chi connectivity index (χ3v) is 6.27. The molecule has 0 spiro atoms. The van der Waals surface area contributed by atoms with Crippen molar-refractivity contribution < 1.29 is 22.7 Å². The molecule has 1 amide bonds. The highest BCUT2D eigenvalue weighted by atomic mass is 79.9. The number of anilines is 1. The lowest BCUT2D eigenvalue weighted by atomic mass is 10.2. The number of hydrogen-bond donors (Lipinski definition) is 1. The fourth-order valence-electron chi connectivity index (χ4n) is 2.39. The van der Waals surface area contributed by atoms with E-state index in [1.165, 1.54) is 24.3 Å². The smallest absolute Gasteiger partial charge is 0.338 e. The molecule has 0 radical (unpaired) electrons. The number of ether oxygens (including phenoxy) is 1. The van der Waals surface area contributed by atoms with Crippen molar-refractivity contribution in [3.63, 3.8) is 0 Å². The molecule has 0 fully saturated rings. The second kappa shape index (κ2) is 9.81. The monoisotopic (exact) mass is 468 g/mol. The van der Waals surface area contributed by atoms with Gasteiger partial charge in [0, 0.05) is 16.7 Å². The average Bonchev–Trinajstić information content (AvgIpc) is 2.68. The van der Waals surface area contributed by atoms with E-state index in [2.05, 4.69) is 21.2 Å². The van der Waals surface area contributed by atoms with Gasteiger partial charge in [-0.2, -0.15) is 4.31 Å². The van der Waals surface area contributed by atoms with E-state index in [9.17, 15) is 18.0 Å². The van der Waals surface area contributed by atoms with Gasteiger partial charge in [0.25, 0.3) is 0 Å². The largest absolute Gasteiger partial charge is 0.462 e. The van der Waals surface area contributed by atoms with Crippen LogP contribution in [0.15, 0.2) is 57.9 Å². The first-order chi connectivity index (χ1) is 13.3. The van der Waals surface area contributed by atoms with Crippen LogP contribution in [0.5, 0.6) is 0 Å². The van der Waals surface area contributed by atoms with E-state index in [0.717, 1.165) is 8.78 Å². The van der Waals surface area contributed by atoms with E-state index >= 15 is 0 Å². The lowest BCUT2D eigenvalue weighted by Crippen LogP contribution is -2.37. The summed E-state index contributed by atoms with van der Waals surface area (Å²) >= 11 is 3.31. The van der Waals surface area contributed by atoms with Crippen LogP contribution >= 0.6 is 15.9 Å². The summed E-state index contributed by atoms with van der Waals surface area (Å²) < 4.78 is 32.5. The van der Waals surface area contributed by atoms with Crippen LogP contribution in [0.4, 0.5) is 5.69 Å². The maximum atomic E-state index is 12.8. The summed E-state index contributed by atoms with van der Waals surface area (Å²) in [6.07, 6.45) is 0. The maximum absolute atomic E-state index is 12.8. The van der Waals surface area contributed by atoms with Crippen LogP contribution in [0.25, 0.3) is 0 Å². The lowest BCUT2D eigenvalue weighted by molar-refractivity contribution is -0.116. The van der Waals surface area contributed by atoms with Crippen LogP contribution in [-0.2, 0) is 19.6 Å². The molecule has 2 aromatic rings. The van der Waals surface area contributed by atoms with Crippen molar-refractivity contribution in [2.24, 2.45) is 0 Å². The fraction of sp³-hybridized carbons (Fsp3) is 0.263. The van der Waals surface area contributed by atoms with Crippen molar-refractivity contribution in [3.8, 4) is 0 Å². The molecule has 28 heavy (non-hydrogen) atoms. The summed E-state index contributed by atoms with van der Waals surface area (Å²) in [4.78, 5) is 24.0.